The maximum absolute atomic E-state index is 12.1. The Morgan fingerprint density at radius 2 is 1.67 bits per heavy atom. The molecule has 21 heavy (non-hydrogen) atoms. The highest BCUT2D eigenvalue weighted by atomic mass is 35.5. The zero-order chi connectivity index (χ0) is 15.2. The van der Waals surface area contributed by atoms with Gasteiger partial charge in [0.15, 0.2) is 0 Å². The minimum atomic E-state index is -2.85. The summed E-state index contributed by atoms with van der Waals surface area (Å²) in [5.41, 5.74) is 1.56. The van der Waals surface area contributed by atoms with Crippen LogP contribution in [0, 0.1) is 0 Å². The summed E-state index contributed by atoms with van der Waals surface area (Å²) in [6.45, 7) is -2.99. The van der Waals surface area contributed by atoms with E-state index in [9.17, 15) is 13.9 Å². The van der Waals surface area contributed by atoms with Gasteiger partial charge in [-0.1, -0.05) is 23.7 Å². The van der Waals surface area contributed by atoms with Crippen LogP contribution in [0.3, 0.4) is 0 Å². The number of alkyl halides is 2. The average Bonchev–Trinajstić information content (AvgIpc) is 2.47. The second-order valence-electron chi connectivity index (χ2n) is 4.33. The number of hydrogen-bond acceptors (Lipinski definition) is 3. The highest BCUT2D eigenvalue weighted by Gasteiger charge is 2.11. The predicted molar refractivity (Wildman–Crippen MR) is 78.0 cm³/mol. The van der Waals surface area contributed by atoms with Gasteiger partial charge in [0.2, 0.25) is 0 Å². The van der Waals surface area contributed by atoms with Crippen molar-refractivity contribution >= 4 is 17.3 Å². The first kappa shape index (κ1) is 15.5. The highest BCUT2D eigenvalue weighted by molar-refractivity contribution is 6.30. The molecule has 0 bridgehead atoms. The van der Waals surface area contributed by atoms with E-state index >= 15 is 0 Å². The Morgan fingerprint density at radius 1 is 1.05 bits per heavy atom. The smallest absolute Gasteiger partial charge is 0.387 e. The van der Waals surface area contributed by atoms with E-state index in [2.05, 4.69) is 10.1 Å². The van der Waals surface area contributed by atoms with Crippen LogP contribution in [0.15, 0.2) is 48.5 Å². The predicted octanol–water partition coefficient (Wildman–Crippen LogP) is 4.09. The molecule has 0 saturated carbocycles. The third kappa shape index (κ3) is 4.58. The van der Waals surface area contributed by atoms with Gasteiger partial charge in [-0.15, -0.1) is 0 Å². The van der Waals surface area contributed by atoms with Crippen LogP contribution in [-0.2, 0) is 0 Å². The Kier molecular flexibility index (Phi) is 5.36. The fraction of sp³-hybridized carbons (Fsp3) is 0.200. The molecule has 0 amide bonds. The van der Waals surface area contributed by atoms with Crippen LogP contribution in [0.2, 0.25) is 5.02 Å². The van der Waals surface area contributed by atoms with Gasteiger partial charge in [0.25, 0.3) is 0 Å². The molecule has 6 heteroatoms. The normalized spacial score (nSPS) is 12.2. The lowest BCUT2D eigenvalue weighted by atomic mass is 10.1. The molecule has 0 aliphatic carbocycles. The van der Waals surface area contributed by atoms with E-state index in [4.69, 9.17) is 11.6 Å². The number of anilines is 1. The molecule has 0 spiro atoms. The van der Waals surface area contributed by atoms with Crippen molar-refractivity contribution < 1.29 is 18.6 Å². The van der Waals surface area contributed by atoms with E-state index < -0.39 is 6.61 Å². The fourth-order valence-corrected chi connectivity index (χ4v) is 1.99. The van der Waals surface area contributed by atoms with Crippen LogP contribution in [0.5, 0.6) is 5.75 Å². The van der Waals surface area contributed by atoms with Crippen LogP contribution >= 0.6 is 11.6 Å². The second kappa shape index (κ2) is 7.24. The van der Waals surface area contributed by atoms with Crippen molar-refractivity contribution in [3.05, 3.63) is 59.1 Å². The molecule has 0 aliphatic heterocycles. The van der Waals surface area contributed by atoms with E-state index in [1.54, 1.807) is 36.4 Å². The third-order valence-electron chi connectivity index (χ3n) is 2.88. The summed E-state index contributed by atoms with van der Waals surface area (Å²) in [6, 6.07) is 12.8. The first-order valence-electron chi connectivity index (χ1n) is 6.26. The average molecular weight is 314 g/mol. The van der Waals surface area contributed by atoms with Crippen LogP contribution in [0.25, 0.3) is 0 Å². The quantitative estimate of drug-likeness (QED) is 0.844. The Morgan fingerprint density at radius 3 is 2.19 bits per heavy atom. The third-order valence-corrected chi connectivity index (χ3v) is 3.13. The summed E-state index contributed by atoms with van der Waals surface area (Å²) >= 11 is 5.81. The second-order valence-corrected chi connectivity index (χ2v) is 4.77. The van der Waals surface area contributed by atoms with Crippen molar-refractivity contribution in [2.45, 2.75) is 12.7 Å². The lowest BCUT2D eigenvalue weighted by Crippen LogP contribution is -2.14. The molecule has 2 N–H and O–H groups in total. The summed E-state index contributed by atoms with van der Waals surface area (Å²) in [6.07, 6.45) is 0. The van der Waals surface area contributed by atoms with Gasteiger partial charge < -0.3 is 15.2 Å². The monoisotopic (exact) mass is 313 g/mol. The molecular weight excluding hydrogens is 300 g/mol. The molecular formula is C15H14ClF2NO2. The zero-order valence-corrected chi connectivity index (χ0v) is 11.7. The topological polar surface area (TPSA) is 41.5 Å². The maximum Gasteiger partial charge on any atom is 0.387 e. The number of aliphatic hydroxyl groups excluding tert-OH is 1. The van der Waals surface area contributed by atoms with E-state index in [0.29, 0.717) is 5.02 Å². The number of rotatable bonds is 6. The molecule has 3 nitrogen and oxygen atoms in total. The SMILES string of the molecule is OCC(Nc1ccc(Cl)cc1)c1ccc(OC(F)F)cc1. The molecule has 0 aromatic heterocycles. The maximum atomic E-state index is 12.1. The van der Waals surface area contributed by atoms with Gasteiger partial charge in [-0.25, -0.2) is 0 Å². The summed E-state index contributed by atoms with van der Waals surface area (Å²) < 4.78 is 28.4. The van der Waals surface area contributed by atoms with Gasteiger partial charge in [0.1, 0.15) is 5.75 Å². The Bertz CT molecular complexity index is 561. The molecule has 1 atom stereocenters. The molecule has 0 fully saturated rings. The van der Waals surface area contributed by atoms with E-state index in [0.717, 1.165) is 11.3 Å². The summed E-state index contributed by atoms with van der Waals surface area (Å²) in [5, 5.41) is 13.2. The van der Waals surface area contributed by atoms with Crippen LogP contribution in [-0.4, -0.2) is 18.3 Å². The van der Waals surface area contributed by atoms with Crippen LogP contribution < -0.4 is 10.1 Å². The van der Waals surface area contributed by atoms with Gasteiger partial charge in [-0.3, -0.25) is 0 Å². The largest absolute Gasteiger partial charge is 0.435 e. The molecule has 2 aromatic rings. The summed E-state index contributed by atoms with van der Waals surface area (Å²) in [5.74, 6) is 0.0805. The highest BCUT2D eigenvalue weighted by Crippen LogP contribution is 2.23. The van der Waals surface area contributed by atoms with Gasteiger partial charge in [-0.2, -0.15) is 8.78 Å². The Balaban J connectivity index is 2.08. The number of ether oxygens (including phenoxy) is 1. The summed E-state index contributed by atoms with van der Waals surface area (Å²) in [4.78, 5) is 0. The van der Waals surface area contributed by atoms with E-state index in [1.807, 2.05) is 0 Å². The lowest BCUT2D eigenvalue weighted by Gasteiger charge is -2.18. The Hall–Kier alpha value is -1.85. The zero-order valence-electron chi connectivity index (χ0n) is 11.0. The van der Waals surface area contributed by atoms with Crippen LogP contribution in [0.1, 0.15) is 11.6 Å². The van der Waals surface area contributed by atoms with E-state index in [1.165, 1.54) is 12.1 Å². The number of nitrogens with one attached hydrogen (secondary N) is 1. The van der Waals surface area contributed by atoms with E-state index in [-0.39, 0.29) is 18.4 Å². The molecule has 2 rings (SSSR count). The van der Waals surface area contributed by atoms with Crippen molar-refractivity contribution in [3.8, 4) is 5.75 Å². The molecule has 112 valence electrons. The minimum Gasteiger partial charge on any atom is -0.435 e. The van der Waals surface area contributed by atoms with Gasteiger partial charge in [-0.05, 0) is 42.0 Å². The van der Waals surface area contributed by atoms with Gasteiger partial charge >= 0.3 is 6.61 Å². The van der Waals surface area contributed by atoms with Crippen LogP contribution in [0.4, 0.5) is 14.5 Å². The van der Waals surface area contributed by atoms with Gasteiger partial charge in [0.05, 0.1) is 12.6 Å². The molecule has 0 heterocycles. The number of aliphatic hydroxyl groups is 1. The molecule has 2 aromatic carbocycles. The first-order valence-corrected chi connectivity index (χ1v) is 6.64. The molecule has 0 saturated heterocycles. The van der Waals surface area contributed by atoms with Crippen molar-refractivity contribution in [1.29, 1.82) is 0 Å². The standard InChI is InChI=1S/C15H14ClF2NO2/c16-11-3-5-12(6-4-11)19-14(9-20)10-1-7-13(8-2-10)21-15(17)18/h1-8,14-15,19-20H,9H2. The van der Waals surface area contributed by atoms with Crippen molar-refractivity contribution in [1.82, 2.24) is 0 Å². The molecule has 0 aliphatic rings. The van der Waals surface area contributed by atoms with Crippen molar-refractivity contribution in [3.63, 3.8) is 0 Å². The lowest BCUT2D eigenvalue weighted by molar-refractivity contribution is -0.0498. The Labute approximate surface area is 126 Å². The first-order chi connectivity index (χ1) is 10.1. The summed E-state index contributed by atoms with van der Waals surface area (Å²) in [7, 11) is 0. The van der Waals surface area contributed by atoms with Crippen molar-refractivity contribution in [2.75, 3.05) is 11.9 Å². The molecule has 0 radical (unpaired) electrons. The van der Waals surface area contributed by atoms with Crippen molar-refractivity contribution in [2.24, 2.45) is 0 Å². The number of hydrogen-bond donors (Lipinski definition) is 2. The molecule has 1 unspecified atom stereocenters. The fourth-order valence-electron chi connectivity index (χ4n) is 1.86. The minimum absolute atomic E-state index is 0.0805. The number of benzene rings is 2. The number of halogens is 3. The van der Waals surface area contributed by atoms with Gasteiger partial charge in [0, 0.05) is 10.7 Å².